The number of hydrogen-bond acceptors (Lipinski definition) is 5. The fourth-order valence-corrected chi connectivity index (χ4v) is 6.30. The molecule has 2 heterocycles. The van der Waals surface area contributed by atoms with E-state index in [-0.39, 0.29) is 0 Å². The smallest absolute Gasteiger partial charge is 0.245 e. The van der Waals surface area contributed by atoms with E-state index in [4.69, 9.17) is 4.52 Å². The minimum atomic E-state index is -3.67. The van der Waals surface area contributed by atoms with Crippen molar-refractivity contribution in [3.8, 4) is 11.4 Å². The molecule has 1 saturated heterocycles. The number of aryl methyl sites for hydroxylation is 4. The Morgan fingerprint density at radius 1 is 1.03 bits per heavy atom. The Kier molecular flexibility index (Phi) is 5.04. The van der Waals surface area contributed by atoms with Crippen molar-refractivity contribution in [1.82, 2.24) is 14.4 Å². The maximum atomic E-state index is 13.5. The third-order valence-electron chi connectivity index (χ3n) is 5.38. The molecular weight excluding hydrogens is 386 g/mol. The summed E-state index contributed by atoms with van der Waals surface area (Å²) in [5.41, 5.74) is 4.54. The standard InChI is InChI=1S/C22H25N3O3S/c1-14-7-5-8-18(13-14)21-23-22(28-24-21)19-9-6-10-25(19)29(26,27)20-16(3)11-15(2)12-17(20)4/h5,7-8,11-13,19H,6,9-10H2,1-4H3/t19-/m1/s1. The Bertz CT molecular complexity index is 1140. The number of sulfonamides is 1. The van der Waals surface area contributed by atoms with Gasteiger partial charge in [0.05, 0.1) is 4.90 Å². The molecule has 1 atom stereocenters. The fourth-order valence-electron chi connectivity index (χ4n) is 4.24. The van der Waals surface area contributed by atoms with E-state index in [0.717, 1.165) is 34.2 Å². The highest BCUT2D eigenvalue weighted by atomic mass is 32.2. The summed E-state index contributed by atoms with van der Waals surface area (Å²) in [5, 5.41) is 4.10. The SMILES string of the molecule is Cc1cccc(-c2noc([C@H]3CCCN3S(=O)(=O)c3c(C)cc(C)cc3C)n2)c1. The minimum absolute atomic E-state index is 0.352. The largest absolute Gasteiger partial charge is 0.337 e. The van der Waals surface area contributed by atoms with Crippen LogP contribution in [0, 0.1) is 27.7 Å². The highest BCUT2D eigenvalue weighted by Crippen LogP contribution is 2.38. The topological polar surface area (TPSA) is 76.3 Å². The van der Waals surface area contributed by atoms with Crippen LogP contribution in [0.5, 0.6) is 0 Å². The molecule has 6 nitrogen and oxygen atoms in total. The lowest BCUT2D eigenvalue weighted by Crippen LogP contribution is -2.32. The first-order valence-electron chi connectivity index (χ1n) is 9.77. The van der Waals surface area contributed by atoms with Crippen LogP contribution >= 0.6 is 0 Å². The van der Waals surface area contributed by atoms with Gasteiger partial charge in [-0.1, -0.05) is 46.6 Å². The number of benzene rings is 2. The van der Waals surface area contributed by atoms with Crippen molar-refractivity contribution in [3.63, 3.8) is 0 Å². The van der Waals surface area contributed by atoms with Crippen molar-refractivity contribution in [2.24, 2.45) is 0 Å². The summed E-state index contributed by atoms with van der Waals surface area (Å²) in [7, 11) is -3.67. The molecule has 3 aromatic rings. The van der Waals surface area contributed by atoms with E-state index in [1.807, 2.05) is 64.1 Å². The predicted octanol–water partition coefficient (Wildman–Crippen LogP) is 4.50. The van der Waals surface area contributed by atoms with Gasteiger partial charge < -0.3 is 4.52 Å². The molecule has 1 fully saturated rings. The summed E-state index contributed by atoms with van der Waals surface area (Å²) in [6.45, 7) is 8.12. The third-order valence-corrected chi connectivity index (χ3v) is 7.59. The quantitative estimate of drug-likeness (QED) is 0.632. The lowest BCUT2D eigenvalue weighted by molar-refractivity contribution is 0.290. The van der Waals surface area contributed by atoms with Gasteiger partial charge in [0.25, 0.3) is 0 Å². The molecule has 0 spiro atoms. The molecule has 0 aliphatic carbocycles. The lowest BCUT2D eigenvalue weighted by Gasteiger charge is -2.23. The van der Waals surface area contributed by atoms with E-state index in [2.05, 4.69) is 10.1 Å². The van der Waals surface area contributed by atoms with Crippen LogP contribution in [0.25, 0.3) is 11.4 Å². The second kappa shape index (κ2) is 7.39. The molecule has 0 radical (unpaired) electrons. The highest BCUT2D eigenvalue weighted by Gasteiger charge is 2.40. The van der Waals surface area contributed by atoms with E-state index in [9.17, 15) is 8.42 Å². The molecule has 0 bridgehead atoms. The van der Waals surface area contributed by atoms with Crippen LogP contribution in [0.4, 0.5) is 0 Å². The van der Waals surface area contributed by atoms with E-state index in [1.54, 1.807) is 0 Å². The van der Waals surface area contributed by atoms with Crippen molar-refractivity contribution in [2.45, 2.75) is 51.5 Å². The fraction of sp³-hybridized carbons (Fsp3) is 0.364. The number of aromatic nitrogens is 2. The second-order valence-electron chi connectivity index (χ2n) is 7.83. The van der Waals surface area contributed by atoms with Gasteiger partial charge in [0.15, 0.2) is 0 Å². The van der Waals surface area contributed by atoms with Crippen molar-refractivity contribution >= 4 is 10.0 Å². The molecule has 1 aromatic heterocycles. The monoisotopic (exact) mass is 411 g/mol. The maximum Gasteiger partial charge on any atom is 0.245 e. The first-order valence-corrected chi connectivity index (χ1v) is 11.2. The van der Waals surface area contributed by atoms with Gasteiger partial charge in [-0.2, -0.15) is 9.29 Å². The van der Waals surface area contributed by atoms with Crippen LogP contribution in [0.2, 0.25) is 0 Å². The van der Waals surface area contributed by atoms with Crippen LogP contribution in [-0.2, 0) is 10.0 Å². The first kappa shape index (κ1) is 19.8. The van der Waals surface area contributed by atoms with Crippen molar-refractivity contribution in [3.05, 3.63) is 64.5 Å². The van der Waals surface area contributed by atoms with Crippen LogP contribution in [-0.4, -0.2) is 29.4 Å². The summed E-state index contributed by atoms with van der Waals surface area (Å²) in [5.74, 6) is 0.834. The van der Waals surface area contributed by atoms with E-state index < -0.39 is 16.1 Å². The normalized spacial score (nSPS) is 17.7. The van der Waals surface area contributed by atoms with Gasteiger partial charge in [0.1, 0.15) is 6.04 Å². The molecule has 0 saturated carbocycles. The Morgan fingerprint density at radius 2 is 1.76 bits per heavy atom. The van der Waals surface area contributed by atoms with Crippen LogP contribution in [0.1, 0.15) is 47.0 Å². The van der Waals surface area contributed by atoms with Crippen molar-refractivity contribution in [1.29, 1.82) is 0 Å². The third kappa shape index (κ3) is 3.60. The molecule has 0 N–H and O–H groups in total. The average molecular weight is 412 g/mol. The zero-order chi connectivity index (χ0) is 20.8. The highest BCUT2D eigenvalue weighted by molar-refractivity contribution is 7.89. The number of rotatable bonds is 4. The Labute approximate surface area is 171 Å². The number of nitrogens with zero attached hydrogens (tertiary/aromatic N) is 3. The van der Waals surface area contributed by atoms with Gasteiger partial charge in [-0.3, -0.25) is 0 Å². The van der Waals surface area contributed by atoms with E-state index in [0.29, 0.717) is 29.6 Å². The Hall–Kier alpha value is -2.51. The first-order chi connectivity index (χ1) is 13.8. The molecule has 1 aliphatic heterocycles. The molecule has 152 valence electrons. The average Bonchev–Trinajstić information content (AvgIpc) is 3.30. The number of hydrogen-bond donors (Lipinski definition) is 0. The Morgan fingerprint density at radius 3 is 2.45 bits per heavy atom. The van der Waals surface area contributed by atoms with Gasteiger partial charge in [-0.15, -0.1) is 0 Å². The van der Waals surface area contributed by atoms with Crippen molar-refractivity contribution in [2.75, 3.05) is 6.54 Å². The van der Waals surface area contributed by atoms with Crippen LogP contribution < -0.4 is 0 Å². The lowest BCUT2D eigenvalue weighted by atomic mass is 10.1. The molecule has 29 heavy (non-hydrogen) atoms. The molecule has 2 aromatic carbocycles. The maximum absolute atomic E-state index is 13.5. The minimum Gasteiger partial charge on any atom is -0.337 e. The van der Waals surface area contributed by atoms with Crippen LogP contribution in [0.15, 0.2) is 45.8 Å². The summed E-state index contributed by atoms with van der Waals surface area (Å²) in [4.78, 5) is 4.92. The summed E-state index contributed by atoms with van der Waals surface area (Å²) in [6, 6.07) is 11.2. The molecule has 0 amide bonds. The van der Waals surface area contributed by atoms with Gasteiger partial charge >= 0.3 is 0 Å². The molecule has 7 heteroatoms. The van der Waals surface area contributed by atoms with Gasteiger partial charge in [0.2, 0.25) is 21.7 Å². The second-order valence-corrected chi connectivity index (χ2v) is 9.65. The zero-order valence-electron chi connectivity index (χ0n) is 17.1. The molecule has 1 aliphatic rings. The van der Waals surface area contributed by atoms with Gasteiger partial charge in [-0.25, -0.2) is 8.42 Å². The Balaban J connectivity index is 1.70. The van der Waals surface area contributed by atoms with Crippen molar-refractivity contribution < 1.29 is 12.9 Å². The van der Waals surface area contributed by atoms with E-state index in [1.165, 1.54) is 4.31 Å². The molecule has 4 rings (SSSR count). The predicted molar refractivity (Wildman–Crippen MR) is 111 cm³/mol. The molecular formula is C22H25N3O3S. The van der Waals surface area contributed by atoms with Gasteiger partial charge in [0, 0.05) is 12.1 Å². The zero-order valence-corrected chi connectivity index (χ0v) is 18.0. The van der Waals surface area contributed by atoms with Gasteiger partial charge in [-0.05, 0) is 57.7 Å². The van der Waals surface area contributed by atoms with E-state index >= 15 is 0 Å². The summed E-state index contributed by atoms with van der Waals surface area (Å²) >= 11 is 0. The summed E-state index contributed by atoms with van der Waals surface area (Å²) < 4.78 is 34.1. The van der Waals surface area contributed by atoms with Crippen LogP contribution in [0.3, 0.4) is 0 Å². The molecule has 0 unspecified atom stereocenters. The summed E-state index contributed by atoms with van der Waals surface area (Å²) in [6.07, 6.45) is 1.43.